The summed E-state index contributed by atoms with van der Waals surface area (Å²) in [5.74, 6) is 1.69. The van der Waals surface area contributed by atoms with E-state index >= 15 is 0 Å². The molecule has 0 atom stereocenters. The second kappa shape index (κ2) is 13.5. The minimum absolute atomic E-state index is 0. The maximum atomic E-state index is 5.40. The van der Waals surface area contributed by atoms with Crippen LogP contribution >= 0.6 is 12.2 Å². The molecule has 122 valence electrons. The maximum absolute atomic E-state index is 5.40. The molecule has 4 nitrogen and oxygen atoms in total. The topological polar surface area (TPSA) is 42.5 Å². The van der Waals surface area contributed by atoms with E-state index in [1.165, 1.54) is 0 Å². The predicted octanol–water partition coefficient (Wildman–Crippen LogP) is 1.41. The second-order valence-corrected chi connectivity index (χ2v) is 4.90. The van der Waals surface area contributed by atoms with Crippen molar-refractivity contribution >= 4 is 28.7 Å². The monoisotopic (exact) mass is 446 g/mol. The van der Waals surface area contributed by atoms with Crippen LogP contribution in [0.1, 0.15) is 15.3 Å². The predicted molar refractivity (Wildman–Crippen MR) is 96.2 cm³/mol. The Hall–Kier alpha value is 0.249. The standard InChI is InChI=1S/C17H20N2O2S.K.Zr.H/c1-3-20-15-9-5-13(6-10-15)18-17(22)19-14-7-11-16(12-8-14)21-4-2;;;/h5-12H,3-4H2,1-2H3,(H2,18,19,22);;;/q;+1;;-1. The molecule has 0 heterocycles. The van der Waals surface area contributed by atoms with Crippen molar-refractivity contribution in [3.05, 3.63) is 48.5 Å². The molecule has 0 fully saturated rings. The third kappa shape index (κ3) is 8.56. The van der Waals surface area contributed by atoms with E-state index in [9.17, 15) is 0 Å². The third-order valence-corrected chi connectivity index (χ3v) is 3.05. The summed E-state index contributed by atoms with van der Waals surface area (Å²) in [7, 11) is 0. The molecule has 2 aromatic rings. The summed E-state index contributed by atoms with van der Waals surface area (Å²) >= 11 is 5.30. The van der Waals surface area contributed by atoms with Gasteiger partial charge in [-0.25, -0.2) is 0 Å². The van der Waals surface area contributed by atoms with E-state index in [1.807, 2.05) is 62.4 Å². The zero-order valence-electron chi connectivity index (χ0n) is 15.3. The van der Waals surface area contributed by atoms with Gasteiger partial charge >= 0.3 is 51.4 Å². The van der Waals surface area contributed by atoms with E-state index in [4.69, 9.17) is 21.7 Å². The van der Waals surface area contributed by atoms with Gasteiger partial charge in [-0.05, 0) is 74.6 Å². The summed E-state index contributed by atoms with van der Waals surface area (Å²) in [5.41, 5.74) is 1.82. The van der Waals surface area contributed by atoms with Crippen molar-refractivity contribution in [2.45, 2.75) is 13.8 Å². The molecule has 2 aromatic carbocycles. The van der Waals surface area contributed by atoms with Gasteiger partial charge in [0.15, 0.2) is 5.11 Å². The van der Waals surface area contributed by atoms with Crippen molar-refractivity contribution in [2.75, 3.05) is 23.8 Å². The summed E-state index contributed by atoms with van der Waals surface area (Å²) in [5, 5.41) is 6.80. The van der Waals surface area contributed by atoms with Crippen LogP contribution in [0.3, 0.4) is 0 Å². The van der Waals surface area contributed by atoms with E-state index in [0.29, 0.717) is 18.3 Å². The van der Waals surface area contributed by atoms with Crippen molar-refractivity contribution in [3.63, 3.8) is 0 Å². The summed E-state index contributed by atoms with van der Waals surface area (Å²) in [6, 6.07) is 15.3. The normalized spacial score (nSPS) is 9.08. The Labute approximate surface area is 212 Å². The van der Waals surface area contributed by atoms with Gasteiger partial charge in [0.25, 0.3) is 0 Å². The number of nitrogens with one attached hydrogen (secondary N) is 2. The van der Waals surface area contributed by atoms with Gasteiger partial charge < -0.3 is 21.5 Å². The Kier molecular flexibility index (Phi) is 13.6. The third-order valence-electron chi connectivity index (χ3n) is 2.85. The molecule has 0 radical (unpaired) electrons. The Morgan fingerprint density at radius 2 is 1.17 bits per heavy atom. The molecule has 24 heavy (non-hydrogen) atoms. The second-order valence-electron chi connectivity index (χ2n) is 4.49. The first-order valence-electron chi connectivity index (χ1n) is 7.25. The zero-order valence-corrected chi connectivity index (χ0v) is 20.7. The molecule has 0 spiro atoms. The van der Waals surface area contributed by atoms with Gasteiger partial charge in [0, 0.05) is 37.6 Å². The summed E-state index contributed by atoms with van der Waals surface area (Å²) < 4.78 is 10.8. The van der Waals surface area contributed by atoms with Gasteiger partial charge in [-0.3, -0.25) is 0 Å². The summed E-state index contributed by atoms with van der Waals surface area (Å²) in [6.45, 7) is 5.24. The fourth-order valence-electron chi connectivity index (χ4n) is 1.90. The minimum atomic E-state index is 0. The Morgan fingerprint density at radius 3 is 1.46 bits per heavy atom. The number of hydrogen-bond donors (Lipinski definition) is 2. The molecule has 0 bridgehead atoms. The molecular formula is C17H21KN2O2SZr. The van der Waals surface area contributed by atoms with Crippen LogP contribution in [0.4, 0.5) is 11.4 Å². The van der Waals surface area contributed by atoms with Crippen LogP contribution in [-0.4, -0.2) is 18.3 Å². The fraction of sp³-hybridized carbons (Fsp3) is 0.235. The molecule has 7 heteroatoms. The van der Waals surface area contributed by atoms with Gasteiger partial charge in [-0.2, -0.15) is 0 Å². The molecule has 0 aliphatic heterocycles. The molecule has 2 N–H and O–H groups in total. The van der Waals surface area contributed by atoms with Crippen LogP contribution in [0.2, 0.25) is 0 Å². The van der Waals surface area contributed by atoms with Crippen molar-refractivity contribution in [3.8, 4) is 11.5 Å². The fourth-order valence-corrected chi connectivity index (χ4v) is 2.13. The number of anilines is 2. The van der Waals surface area contributed by atoms with Crippen LogP contribution in [0, 0.1) is 0 Å². The van der Waals surface area contributed by atoms with Crippen molar-refractivity contribution in [1.29, 1.82) is 0 Å². The number of benzene rings is 2. The summed E-state index contributed by atoms with van der Waals surface area (Å²) in [4.78, 5) is 0. The van der Waals surface area contributed by atoms with Crippen molar-refractivity contribution in [2.24, 2.45) is 0 Å². The van der Waals surface area contributed by atoms with Crippen molar-refractivity contribution in [1.82, 2.24) is 0 Å². The largest absolute Gasteiger partial charge is 1.00 e. The molecule has 0 amide bonds. The Bertz CT molecular complexity index is 562. The van der Waals surface area contributed by atoms with Crippen LogP contribution in [0.15, 0.2) is 48.5 Å². The summed E-state index contributed by atoms with van der Waals surface area (Å²) in [6.07, 6.45) is 0. The molecule has 0 saturated heterocycles. The van der Waals surface area contributed by atoms with Gasteiger partial charge in [0.2, 0.25) is 0 Å². The first-order chi connectivity index (χ1) is 10.7. The van der Waals surface area contributed by atoms with E-state index in [2.05, 4.69) is 10.6 Å². The van der Waals surface area contributed by atoms with Gasteiger partial charge in [-0.15, -0.1) is 0 Å². The SMILES string of the molecule is CCOc1ccc(NC(=S)Nc2ccc(OCC)cc2)cc1.[H-].[K+].[Zr]. The van der Waals surface area contributed by atoms with Gasteiger partial charge in [0.1, 0.15) is 11.5 Å². The average Bonchev–Trinajstić information content (AvgIpc) is 2.52. The Balaban J connectivity index is 0. The first kappa shape index (κ1) is 24.2. The van der Waals surface area contributed by atoms with E-state index < -0.39 is 0 Å². The molecular weight excluding hydrogens is 427 g/mol. The van der Waals surface area contributed by atoms with Gasteiger partial charge in [0.05, 0.1) is 13.2 Å². The number of thiocarbonyl (C=S) groups is 1. The first-order valence-corrected chi connectivity index (χ1v) is 7.65. The van der Waals surface area contributed by atoms with Crippen LogP contribution in [0.5, 0.6) is 11.5 Å². The minimum Gasteiger partial charge on any atom is -1.00 e. The quantitative estimate of drug-likeness (QED) is 0.518. The number of rotatable bonds is 6. The van der Waals surface area contributed by atoms with Gasteiger partial charge in [-0.1, -0.05) is 0 Å². The van der Waals surface area contributed by atoms with Crippen molar-refractivity contribution < 1.29 is 88.5 Å². The molecule has 0 aromatic heterocycles. The molecule has 0 unspecified atom stereocenters. The van der Waals surface area contributed by atoms with Crippen LogP contribution in [-0.2, 0) is 26.2 Å². The Morgan fingerprint density at radius 1 is 0.833 bits per heavy atom. The zero-order chi connectivity index (χ0) is 15.8. The van der Waals surface area contributed by atoms with E-state index in [-0.39, 0.29) is 79.0 Å². The molecule has 0 aliphatic rings. The number of hydrogen-bond acceptors (Lipinski definition) is 3. The smallest absolute Gasteiger partial charge is 1.00 e. The van der Waals surface area contributed by atoms with E-state index in [0.717, 1.165) is 22.9 Å². The number of ether oxygens (including phenoxy) is 2. The molecule has 0 aliphatic carbocycles. The maximum Gasteiger partial charge on any atom is 1.00 e. The van der Waals surface area contributed by atoms with Crippen LogP contribution < -0.4 is 71.5 Å². The molecule has 2 rings (SSSR count). The average molecular weight is 448 g/mol. The molecule has 0 saturated carbocycles. The van der Waals surface area contributed by atoms with E-state index in [1.54, 1.807) is 0 Å². The van der Waals surface area contributed by atoms with Crippen LogP contribution in [0.25, 0.3) is 0 Å².